The lowest BCUT2D eigenvalue weighted by Crippen LogP contribution is -2.36. The standard InChI is InChI=1S/C21H22ClNO4/c1-2-27-20-13-15(12-18(22)21(20)25)6-7-19(24)16-4-3-5-17(14-16)23-8-10-26-11-9-23/h3-7,12-14,25H,2,8-11H2,1H3. The van der Waals surface area contributed by atoms with Gasteiger partial charge in [-0.1, -0.05) is 29.8 Å². The summed E-state index contributed by atoms with van der Waals surface area (Å²) >= 11 is 6.03. The van der Waals surface area contributed by atoms with Gasteiger partial charge in [0.25, 0.3) is 0 Å². The molecule has 2 aromatic carbocycles. The van der Waals surface area contributed by atoms with Crippen molar-refractivity contribution in [3.8, 4) is 11.5 Å². The van der Waals surface area contributed by atoms with Crippen LogP contribution in [-0.4, -0.2) is 43.8 Å². The normalized spacial score (nSPS) is 14.5. The molecule has 3 rings (SSSR count). The van der Waals surface area contributed by atoms with Crippen LogP contribution < -0.4 is 9.64 Å². The molecule has 0 unspecified atom stereocenters. The number of hydrogen-bond donors (Lipinski definition) is 1. The van der Waals surface area contributed by atoms with Gasteiger partial charge in [-0.2, -0.15) is 0 Å². The molecule has 0 bridgehead atoms. The first-order valence-electron chi connectivity index (χ1n) is 8.89. The molecule has 27 heavy (non-hydrogen) atoms. The number of nitrogens with zero attached hydrogens (tertiary/aromatic N) is 1. The van der Waals surface area contributed by atoms with E-state index in [1.165, 1.54) is 6.08 Å². The van der Waals surface area contributed by atoms with Gasteiger partial charge in [0, 0.05) is 24.3 Å². The Morgan fingerprint density at radius 1 is 1.30 bits per heavy atom. The first kappa shape index (κ1) is 19.3. The highest BCUT2D eigenvalue weighted by atomic mass is 35.5. The minimum Gasteiger partial charge on any atom is -0.503 e. The molecule has 0 amide bonds. The molecule has 1 N–H and O–H groups in total. The molecule has 0 aliphatic carbocycles. The van der Waals surface area contributed by atoms with Gasteiger partial charge < -0.3 is 19.5 Å². The predicted molar refractivity (Wildman–Crippen MR) is 107 cm³/mol. The van der Waals surface area contributed by atoms with Crippen molar-refractivity contribution in [3.63, 3.8) is 0 Å². The molecule has 1 saturated heterocycles. The van der Waals surface area contributed by atoms with E-state index >= 15 is 0 Å². The van der Waals surface area contributed by atoms with Gasteiger partial charge in [-0.25, -0.2) is 0 Å². The van der Waals surface area contributed by atoms with Crippen LogP contribution in [0.1, 0.15) is 22.8 Å². The summed E-state index contributed by atoms with van der Waals surface area (Å²) in [6, 6.07) is 10.8. The number of allylic oxidation sites excluding steroid dienone is 1. The summed E-state index contributed by atoms with van der Waals surface area (Å²) in [6.45, 7) is 5.26. The quantitative estimate of drug-likeness (QED) is 0.595. The van der Waals surface area contributed by atoms with Gasteiger partial charge in [0.1, 0.15) is 0 Å². The fraction of sp³-hybridized carbons (Fsp3) is 0.286. The molecular weight excluding hydrogens is 366 g/mol. The molecule has 142 valence electrons. The van der Waals surface area contributed by atoms with E-state index in [1.54, 1.807) is 24.3 Å². The molecule has 0 radical (unpaired) electrons. The summed E-state index contributed by atoms with van der Waals surface area (Å²) in [4.78, 5) is 14.8. The number of hydrogen-bond acceptors (Lipinski definition) is 5. The Morgan fingerprint density at radius 3 is 2.81 bits per heavy atom. The number of phenols is 1. The van der Waals surface area contributed by atoms with Crippen LogP contribution in [0.5, 0.6) is 11.5 Å². The minimum absolute atomic E-state index is 0.0970. The third kappa shape index (κ3) is 4.81. The molecule has 1 heterocycles. The number of phenolic OH excluding ortho intramolecular Hbond substituents is 1. The Morgan fingerprint density at radius 2 is 2.07 bits per heavy atom. The van der Waals surface area contributed by atoms with Crippen LogP contribution in [0.3, 0.4) is 0 Å². The third-order valence-electron chi connectivity index (χ3n) is 4.28. The lowest BCUT2D eigenvalue weighted by atomic mass is 10.1. The van der Waals surface area contributed by atoms with Crippen LogP contribution in [-0.2, 0) is 4.74 Å². The van der Waals surface area contributed by atoms with E-state index in [2.05, 4.69) is 4.90 Å². The Hall–Kier alpha value is -2.50. The average molecular weight is 388 g/mol. The van der Waals surface area contributed by atoms with Gasteiger partial charge in [-0.15, -0.1) is 0 Å². The summed E-state index contributed by atoms with van der Waals surface area (Å²) in [5.41, 5.74) is 2.31. The van der Waals surface area contributed by atoms with Gasteiger partial charge in [0.05, 0.1) is 24.8 Å². The number of ether oxygens (including phenoxy) is 2. The van der Waals surface area contributed by atoms with E-state index in [0.717, 1.165) is 18.8 Å². The van der Waals surface area contributed by atoms with E-state index in [9.17, 15) is 9.90 Å². The largest absolute Gasteiger partial charge is 0.503 e. The first-order chi connectivity index (χ1) is 13.1. The molecule has 1 aliphatic heterocycles. The van der Waals surface area contributed by atoms with Gasteiger partial charge >= 0.3 is 0 Å². The number of benzene rings is 2. The number of rotatable bonds is 6. The molecule has 1 fully saturated rings. The van der Waals surface area contributed by atoms with Gasteiger partial charge in [0.2, 0.25) is 0 Å². The molecule has 0 atom stereocenters. The number of morpholine rings is 1. The zero-order valence-corrected chi connectivity index (χ0v) is 15.9. The highest BCUT2D eigenvalue weighted by Crippen LogP contribution is 2.35. The number of carbonyl (C=O) groups is 1. The maximum absolute atomic E-state index is 12.6. The van der Waals surface area contributed by atoms with Gasteiger partial charge in [-0.3, -0.25) is 4.79 Å². The fourth-order valence-electron chi connectivity index (χ4n) is 2.90. The SMILES string of the molecule is CCOc1cc(C=CC(=O)c2cccc(N3CCOCC3)c2)cc(Cl)c1O. The van der Waals surface area contributed by atoms with Crippen LogP contribution >= 0.6 is 11.6 Å². The number of halogens is 1. The van der Waals surface area contributed by atoms with Crippen molar-refractivity contribution < 1.29 is 19.4 Å². The fourth-order valence-corrected chi connectivity index (χ4v) is 3.12. The maximum atomic E-state index is 12.6. The van der Waals surface area contributed by atoms with E-state index in [-0.39, 0.29) is 16.6 Å². The Kier molecular flexibility index (Phi) is 6.37. The second-order valence-corrected chi connectivity index (χ2v) is 6.54. The summed E-state index contributed by atoms with van der Waals surface area (Å²) in [5, 5.41) is 10.1. The molecule has 2 aromatic rings. The smallest absolute Gasteiger partial charge is 0.185 e. The van der Waals surface area contributed by atoms with Crippen LogP contribution in [0.2, 0.25) is 5.02 Å². The van der Waals surface area contributed by atoms with Crippen molar-refractivity contribution in [3.05, 3.63) is 58.6 Å². The third-order valence-corrected chi connectivity index (χ3v) is 4.57. The maximum Gasteiger partial charge on any atom is 0.185 e. The van der Waals surface area contributed by atoms with E-state index < -0.39 is 0 Å². The first-order valence-corrected chi connectivity index (χ1v) is 9.26. The summed E-state index contributed by atoms with van der Waals surface area (Å²) in [7, 11) is 0. The number of aromatic hydroxyl groups is 1. The zero-order chi connectivity index (χ0) is 19.2. The number of ketones is 1. The highest BCUT2D eigenvalue weighted by Gasteiger charge is 2.13. The molecule has 0 aromatic heterocycles. The van der Waals surface area contributed by atoms with Crippen molar-refractivity contribution in [2.45, 2.75) is 6.92 Å². The average Bonchev–Trinajstić information content (AvgIpc) is 2.70. The topological polar surface area (TPSA) is 59.0 Å². The van der Waals surface area contributed by atoms with Crippen molar-refractivity contribution in [1.29, 1.82) is 0 Å². The van der Waals surface area contributed by atoms with Crippen LogP contribution in [0.4, 0.5) is 5.69 Å². The van der Waals surface area contributed by atoms with E-state index in [1.807, 2.05) is 25.1 Å². The van der Waals surface area contributed by atoms with Crippen LogP contribution in [0.15, 0.2) is 42.5 Å². The van der Waals surface area contributed by atoms with Gasteiger partial charge in [0.15, 0.2) is 17.3 Å². The second-order valence-electron chi connectivity index (χ2n) is 6.13. The van der Waals surface area contributed by atoms with Gasteiger partial charge in [-0.05, 0) is 42.8 Å². The summed E-state index contributed by atoms with van der Waals surface area (Å²) in [6.07, 6.45) is 3.16. The minimum atomic E-state index is -0.104. The lowest BCUT2D eigenvalue weighted by molar-refractivity contribution is 0.104. The molecule has 5 nitrogen and oxygen atoms in total. The molecule has 0 saturated carbocycles. The molecule has 1 aliphatic rings. The van der Waals surface area contributed by atoms with Crippen molar-refractivity contribution in [2.75, 3.05) is 37.8 Å². The highest BCUT2D eigenvalue weighted by molar-refractivity contribution is 6.32. The van der Waals surface area contributed by atoms with Crippen molar-refractivity contribution in [2.24, 2.45) is 0 Å². The Balaban J connectivity index is 1.77. The number of anilines is 1. The summed E-state index contributed by atoms with van der Waals surface area (Å²) in [5.74, 6) is 0.0962. The van der Waals surface area contributed by atoms with Crippen molar-refractivity contribution >= 4 is 29.1 Å². The summed E-state index contributed by atoms with van der Waals surface area (Å²) < 4.78 is 10.7. The molecule has 6 heteroatoms. The lowest BCUT2D eigenvalue weighted by Gasteiger charge is -2.29. The van der Waals surface area contributed by atoms with Crippen molar-refractivity contribution in [1.82, 2.24) is 0 Å². The second kappa shape index (κ2) is 8.93. The number of carbonyl (C=O) groups excluding carboxylic acids is 1. The zero-order valence-electron chi connectivity index (χ0n) is 15.2. The molecule has 0 spiro atoms. The van der Waals surface area contributed by atoms with Crippen LogP contribution in [0, 0.1) is 0 Å². The van der Waals surface area contributed by atoms with E-state index in [4.69, 9.17) is 21.1 Å². The van der Waals surface area contributed by atoms with Crippen LogP contribution in [0.25, 0.3) is 6.08 Å². The Labute approximate surface area is 163 Å². The Bertz CT molecular complexity index is 844. The monoisotopic (exact) mass is 387 g/mol. The van der Waals surface area contributed by atoms with E-state index in [0.29, 0.717) is 36.7 Å². The predicted octanol–water partition coefficient (Wildman–Crippen LogP) is 4.18. The molecular formula is C21H22ClNO4.